The Morgan fingerprint density at radius 3 is 2.61 bits per heavy atom. The maximum absolute atomic E-state index is 11.6. The largest absolute Gasteiger partial charge is 0.299 e. The molecule has 3 heteroatoms. The van der Waals surface area contributed by atoms with Crippen molar-refractivity contribution in [2.75, 3.05) is 0 Å². The summed E-state index contributed by atoms with van der Waals surface area (Å²) in [6.07, 6.45) is 6.07. The molecule has 1 atom stereocenters. The Balaban J connectivity index is 1.89. The van der Waals surface area contributed by atoms with Crippen molar-refractivity contribution in [3.63, 3.8) is 0 Å². The van der Waals surface area contributed by atoms with Crippen molar-refractivity contribution in [1.29, 1.82) is 0 Å². The Labute approximate surface area is 112 Å². The molecule has 0 aromatic heterocycles. The van der Waals surface area contributed by atoms with Crippen LogP contribution in [0.1, 0.15) is 31.2 Å². The van der Waals surface area contributed by atoms with Crippen molar-refractivity contribution in [3.05, 3.63) is 40.9 Å². The number of carbonyl (C=O) groups excluding carboxylic acids is 2. The number of hydrogen-bond acceptors (Lipinski definition) is 2. The van der Waals surface area contributed by atoms with Gasteiger partial charge in [-0.15, -0.1) is 0 Å². The summed E-state index contributed by atoms with van der Waals surface area (Å²) in [5, 5.41) is 0.716. The lowest BCUT2D eigenvalue weighted by molar-refractivity contribution is -0.132. The van der Waals surface area contributed by atoms with E-state index in [-0.39, 0.29) is 23.9 Å². The fourth-order valence-corrected chi connectivity index (χ4v) is 2.24. The molecule has 0 aliphatic heterocycles. The SMILES string of the molecule is O=C1CCC(C/C=C/c2ccc(Cl)cc2)C(=O)C1. The number of hydrogen-bond donors (Lipinski definition) is 0. The predicted octanol–water partition coefficient (Wildman–Crippen LogP) is 3.68. The van der Waals surface area contributed by atoms with Crippen LogP contribution in [-0.4, -0.2) is 11.6 Å². The first kappa shape index (κ1) is 13.0. The van der Waals surface area contributed by atoms with Gasteiger partial charge in [-0.3, -0.25) is 9.59 Å². The van der Waals surface area contributed by atoms with Crippen molar-refractivity contribution in [1.82, 2.24) is 0 Å². The van der Waals surface area contributed by atoms with Gasteiger partial charge in [0.1, 0.15) is 11.6 Å². The molecule has 1 fully saturated rings. The first-order valence-electron chi connectivity index (χ1n) is 6.11. The third kappa shape index (κ3) is 3.54. The maximum atomic E-state index is 11.6. The summed E-state index contributed by atoms with van der Waals surface area (Å²) in [5.41, 5.74) is 1.07. The standard InChI is InChI=1S/C15H15ClO2/c16-13-7-4-11(5-8-13)2-1-3-12-6-9-14(17)10-15(12)18/h1-2,4-5,7-8,12H,3,6,9-10H2/b2-1+. The summed E-state index contributed by atoms with van der Waals surface area (Å²) in [6, 6.07) is 7.55. The smallest absolute Gasteiger partial charge is 0.143 e. The van der Waals surface area contributed by atoms with E-state index in [1.807, 2.05) is 36.4 Å². The molecule has 1 aromatic rings. The number of ketones is 2. The van der Waals surface area contributed by atoms with Gasteiger partial charge < -0.3 is 0 Å². The number of carbonyl (C=O) groups is 2. The van der Waals surface area contributed by atoms with Crippen molar-refractivity contribution in [3.8, 4) is 0 Å². The van der Waals surface area contributed by atoms with Crippen LogP contribution in [0.25, 0.3) is 6.08 Å². The van der Waals surface area contributed by atoms with E-state index >= 15 is 0 Å². The Bertz CT molecular complexity index is 474. The molecule has 94 valence electrons. The summed E-state index contributed by atoms with van der Waals surface area (Å²) in [4.78, 5) is 22.7. The van der Waals surface area contributed by atoms with E-state index in [0.717, 1.165) is 12.0 Å². The molecular formula is C15H15ClO2. The molecule has 0 bridgehead atoms. The molecule has 0 N–H and O–H groups in total. The molecule has 1 aliphatic carbocycles. The molecule has 0 amide bonds. The Kier molecular flexibility index (Phi) is 4.32. The first-order valence-corrected chi connectivity index (χ1v) is 6.49. The monoisotopic (exact) mass is 262 g/mol. The van der Waals surface area contributed by atoms with Crippen molar-refractivity contribution >= 4 is 29.2 Å². The van der Waals surface area contributed by atoms with E-state index < -0.39 is 0 Å². The second-order valence-corrected chi connectivity index (χ2v) is 5.04. The fourth-order valence-electron chi connectivity index (χ4n) is 2.11. The summed E-state index contributed by atoms with van der Waals surface area (Å²) < 4.78 is 0. The normalized spacial score (nSPS) is 20.6. The van der Waals surface area contributed by atoms with Gasteiger partial charge in [-0.05, 0) is 30.5 Å². The van der Waals surface area contributed by atoms with Crippen LogP contribution in [-0.2, 0) is 9.59 Å². The Hall–Kier alpha value is -1.41. The third-order valence-electron chi connectivity index (χ3n) is 3.20. The highest BCUT2D eigenvalue weighted by Gasteiger charge is 2.25. The van der Waals surface area contributed by atoms with E-state index in [4.69, 9.17) is 11.6 Å². The van der Waals surface area contributed by atoms with Crippen LogP contribution in [0.4, 0.5) is 0 Å². The van der Waals surface area contributed by atoms with E-state index in [9.17, 15) is 9.59 Å². The lowest BCUT2D eigenvalue weighted by Crippen LogP contribution is -2.24. The molecular weight excluding hydrogens is 248 g/mol. The van der Waals surface area contributed by atoms with Gasteiger partial charge >= 0.3 is 0 Å². The number of allylic oxidation sites excluding steroid dienone is 1. The van der Waals surface area contributed by atoms with Crippen molar-refractivity contribution in [2.24, 2.45) is 5.92 Å². The minimum atomic E-state index is 0.0197. The van der Waals surface area contributed by atoms with Crippen LogP contribution in [0.15, 0.2) is 30.3 Å². The summed E-state index contributed by atoms with van der Waals surface area (Å²) in [5.74, 6) is 0.191. The second kappa shape index (κ2) is 5.96. The number of Topliss-reactive ketones (excluding diaryl/α,β-unsaturated/α-hetero) is 2. The molecule has 1 saturated carbocycles. The molecule has 18 heavy (non-hydrogen) atoms. The van der Waals surface area contributed by atoms with Crippen LogP contribution in [0.3, 0.4) is 0 Å². The average molecular weight is 263 g/mol. The van der Waals surface area contributed by atoms with Crippen LogP contribution in [0.2, 0.25) is 5.02 Å². The van der Waals surface area contributed by atoms with E-state index in [1.54, 1.807) is 0 Å². The minimum Gasteiger partial charge on any atom is -0.299 e. The zero-order valence-electron chi connectivity index (χ0n) is 10.1. The number of rotatable bonds is 3. The number of benzene rings is 1. The van der Waals surface area contributed by atoms with Crippen LogP contribution >= 0.6 is 11.6 Å². The lowest BCUT2D eigenvalue weighted by atomic mass is 9.85. The third-order valence-corrected chi connectivity index (χ3v) is 3.45. The second-order valence-electron chi connectivity index (χ2n) is 4.61. The Morgan fingerprint density at radius 1 is 1.22 bits per heavy atom. The van der Waals surface area contributed by atoms with Crippen LogP contribution in [0.5, 0.6) is 0 Å². The molecule has 0 radical (unpaired) electrons. The van der Waals surface area contributed by atoms with Crippen LogP contribution in [0, 0.1) is 5.92 Å². The fraction of sp³-hybridized carbons (Fsp3) is 0.333. The highest BCUT2D eigenvalue weighted by Crippen LogP contribution is 2.22. The molecule has 1 aromatic carbocycles. The minimum absolute atomic E-state index is 0.0197. The maximum Gasteiger partial charge on any atom is 0.143 e. The first-order chi connectivity index (χ1) is 8.65. The zero-order chi connectivity index (χ0) is 13.0. The van der Waals surface area contributed by atoms with Crippen molar-refractivity contribution in [2.45, 2.75) is 25.7 Å². The van der Waals surface area contributed by atoms with Gasteiger partial charge in [0.05, 0.1) is 6.42 Å². The van der Waals surface area contributed by atoms with E-state index in [0.29, 0.717) is 17.9 Å². The molecule has 2 rings (SSSR count). The Morgan fingerprint density at radius 2 is 1.94 bits per heavy atom. The molecule has 0 spiro atoms. The van der Waals surface area contributed by atoms with Gasteiger partial charge in [0, 0.05) is 17.4 Å². The van der Waals surface area contributed by atoms with Gasteiger partial charge in [0.15, 0.2) is 0 Å². The zero-order valence-corrected chi connectivity index (χ0v) is 10.8. The van der Waals surface area contributed by atoms with Gasteiger partial charge in [0.25, 0.3) is 0 Å². The summed E-state index contributed by atoms with van der Waals surface area (Å²) in [6.45, 7) is 0. The van der Waals surface area contributed by atoms with Gasteiger partial charge in [-0.2, -0.15) is 0 Å². The summed E-state index contributed by atoms with van der Waals surface area (Å²) in [7, 11) is 0. The van der Waals surface area contributed by atoms with E-state index in [2.05, 4.69) is 0 Å². The average Bonchev–Trinajstić information content (AvgIpc) is 2.34. The highest BCUT2D eigenvalue weighted by molar-refractivity contribution is 6.30. The van der Waals surface area contributed by atoms with Gasteiger partial charge in [0.2, 0.25) is 0 Å². The van der Waals surface area contributed by atoms with Crippen LogP contribution < -0.4 is 0 Å². The quantitative estimate of drug-likeness (QED) is 0.779. The summed E-state index contributed by atoms with van der Waals surface area (Å²) >= 11 is 5.80. The van der Waals surface area contributed by atoms with E-state index in [1.165, 1.54) is 0 Å². The molecule has 1 unspecified atom stereocenters. The lowest BCUT2D eigenvalue weighted by Gasteiger charge is -2.17. The predicted molar refractivity (Wildman–Crippen MR) is 72.5 cm³/mol. The highest BCUT2D eigenvalue weighted by atomic mass is 35.5. The topological polar surface area (TPSA) is 34.1 Å². The molecule has 1 aliphatic rings. The number of halogens is 1. The molecule has 0 saturated heterocycles. The molecule has 2 nitrogen and oxygen atoms in total. The molecule has 0 heterocycles. The van der Waals surface area contributed by atoms with Gasteiger partial charge in [-0.1, -0.05) is 35.9 Å². The van der Waals surface area contributed by atoms with Gasteiger partial charge in [-0.25, -0.2) is 0 Å². The van der Waals surface area contributed by atoms with Crippen molar-refractivity contribution < 1.29 is 9.59 Å².